The van der Waals surface area contributed by atoms with Crippen molar-refractivity contribution >= 4 is 57.0 Å². The Morgan fingerprint density at radius 2 is 1.41 bits per heavy atom. The minimum absolute atomic E-state index is 0.372. The first-order valence-corrected chi connectivity index (χ1v) is 14.2. The maximum absolute atomic E-state index is 14.1. The monoisotopic (exact) mass is 524 g/mol. The van der Waals surface area contributed by atoms with Crippen LogP contribution in [0.25, 0.3) is 21.3 Å². The van der Waals surface area contributed by atoms with Crippen molar-refractivity contribution in [3.05, 3.63) is 119 Å². The van der Waals surface area contributed by atoms with E-state index >= 15 is 0 Å². The van der Waals surface area contributed by atoms with Crippen molar-refractivity contribution in [2.45, 2.75) is 13.3 Å². The Balaban J connectivity index is 1.68. The Labute approximate surface area is 214 Å². The number of hydrogen-bond acceptors (Lipinski definition) is 3. The molecule has 0 amide bonds. The number of benzene rings is 3. The van der Waals surface area contributed by atoms with Gasteiger partial charge in [-0.05, 0) is 23.1 Å². The van der Waals surface area contributed by atoms with Crippen LogP contribution >= 0.6 is 41.8 Å². The number of rotatable bonds is 8. The molecular weight excluding hydrogens is 502 g/mol. The number of hydrogen-bond donors (Lipinski definition) is 1. The number of nitrogens with zero attached hydrogens (tertiary/aromatic N) is 1. The second-order valence-corrected chi connectivity index (χ2v) is 11.4. The molecule has 0 radical (unpaired) electrons. The van der Waals surface area contributed by atoms with Gasteiger partial charge in [0.2, 0.25) is 7.29 Å². The normalized spacial score (nSPS) is 14.0. The predicted molar refractivity (Wildman–Crippen MR) is 149 cm³/mol. The standard InChI is InChI=1S/C27H23Cl2N2OPS/c1-2-20-13-15-23(16-14-20)26-19-34-27(30-26)31-33(32,17-24(28)21-9-5-3-6-10-21)18-25(29)22-11-7-4-8-12-22/h3-19H,2H2,1H3,(H,30,31,32). The average Bonchev–Trinajstić information content (AvgIpc) is 3.33. The number of nitrogens with one attached hydrogen (secondary N) is 1. The van der Waals surface area contributed by atoms with E-state index in [0.717, 1.165) is 28.8 Å². The lowest BCUT2D eigenvalue weighted by Gasteiger charge is -2.13. The highest BCUT2D eigenvalue weighted by Crippen LogP contribution is 2.54. The molecule has 0 fully saturated rings. The van der Waals surface area contributed by atoms with Crippen LogP contribution in [0.15, 0.2) is 102 Å². The molecule has 0 spiro atoms. The maximum Gasteiger partial charge on any atom is 0.217 e. The number of aromatic nitrogens is 1. The fourth-order valence-corrected chi connectivity index (χ4v) is 7.15. The van der Waals surface area contributed by atoms with Gasteiger partial charge >= 0.3 is 0 Å². The van der Waals surface area contributed by atoms with Crippen LogP contribution in [0.2, 0.25) is 0 Å². The first kappa shape index (κ1) is 24.5. The number of anilines is 1. The number of aryl methyl sites for hydroxylation is 1. The smallest absolute Gasteiger partial charge is 0.217 e. The topological polar surface area (TPSA) is 42.0 Å². The van der Waals surface area contributed by atoms with Crippen LogP contribution in [-0.4, -0.2) is 4.98 Å². The van der Waals surface area contributed by atoms with Gasteiger partial charge in [-0.15, -0.1) is 11.3 Å². The highest BCUT2D eigenvalue weighted by Gasteiger charge is 2.21. The summed E-state index contributed by atoms with van der Waals surface area (Å²) in [5.74, 6) is 3.07. The molecule has 0 aliphatic heterocycles. The van der Waals surface area contributed by atoms with E-state index in [9.17, 15) is 4.57 Å². The van der Waals surface area contributed by atoms with Gasteiger partial charge in [0, 0.05) is 22.6 Å². The summed E-state index contributed by atoms with van der Waals surface area (Å²) in [4.78, 5) is 4.67. The lowest BCUT2D eigenvalue weighted by molar-refractivity contribution is 0.589. The number of thiazole rings is 1. The summed E-state index contributed by atoms with van der Waals surface area (Å²) in [5, 5.41) is 6.33. The predicted octanol–water partition coefficient (Wildman–Crippen LogP) is 9.54. The SMILES string of the molecule is CCc1ccc(-c2csc(NP(=O)(C=C(Cl)c3ccccc3)C=C(Cl)c3ccccc3)n2)cc1. The van der Waals surface area contributed by atoms with Crippen LogP contribution in [0.3, 0.4) is 0 Å². The fraction of sp³-hybridized carbons (Fsp3) is 0.0741. The summed E-state index contributed by atoms with van der Waals surface area (Å²) >= 11 is 14.5. The van der Waals surface area contributed by atoms with Crippen molar-refractivity contribution in [2.24, 2.45) is 0 Å². The molecule has 7 heteroatoms. The zero-order valence-corrected chi connectivity index (χ0v) is 21.7. The van der Waals surface area contributed by atoms with Gasteiger partial charge in [-0.25, -0.2) is 4.98 Å². The van der Waals surface area contributed by atoms with Gasteiger partial charge in [-0.2, -0.15) is 0 Å². The van der Waals surface area contributed by atoms with E-state index in [0.29, 0.717) is 15.2 Å². The third kappa shape index (κ3) is 6.28. The summed E-state index contributed by atoms with van der Waals surface area (Å²) < 4.78 is 14.1. The van der Waals surface area contributed by atoms with E-state index in [1.807, 2.05) is 66.0 Å². The number of halogens is 2. The Morgan fingerprint density at radius 1 is 0.882 bits per heavy atom. The third-order valence-electron chi connectivity index (χ3n) is 5.14. The minimum atomic E-state index is -3.37. The van der Waals surface area contributed by atoms with Crippen molar-refractivity contribution in [2.75, 3.05) is 5.09 Å². The van der Waals surface area contributed by atoms with Crippen molar-refractivity contribution in [1.29, 1.82) is 0 Å². The summed E-state index contributed by atoms with van der Waals surface area (Å²) in [5.41, 5.74) is 4.63. The molecule has 4 aromatic rings. The molecule has 34 heavy (non-hydrogen) atoms. The zero-order chi connectivity index (χ0) is 24.0. The summed E-state index contributed by atoms with van der Waals surface area (Å²) in [6, 6.07) is 27.1. The molecule has 3 aromatic carbocycles. The van der Waals surface area contributed by atoms with Gasteiger partial charge < -0.3 is 5.09 Å². The Morgan fingerprint density at radius 3 is 1.91 bits per heavy atom. The van der Waals surface area contributed by atoms with E-state index in [1.54, 1.807) is 0 Å². The largest absolute Gasteiger partial charge is 0.306 e. The molecule has 3 nitrogen and oxygen atoms in total. The second-order valence-electron chi connectivity index (χ2n) is 7.60. The van der Waals surface area contributed by atoms with Crippen LogP contribution < -0.4 is 5.09 Å². The lowest BCUT2D eigenvalue weighted by Crippen LogP contribution is -1.94. The van der Waals surface area contributed by atoms with Gasteiger partial charge in [0.15, 0.2) is 5.13 Å². The van der Waals surface area contributed by atoms with Crippen molar-refractivity contribution in [3.8, 4) is 11.3 Å². The van der Waals surface area contributed by atoms with E-state index < -0.39 is 7.29 Å². The molecule has 0 bridgehead atoms. The molecule has 4 rings (SSSR count). The van der Waals surface area contributed by atoms with Crippen molar-refractivity contribution in [1.82, 2.24) is 4.98 Å². The summed E-state index contributed by atoms with van der Waals surface area (Å²) in [6.45, 7) is 2.12. The first-order chi connectivity index (χ1) is 16.5. The molecule has 1 heterocycles. The van der Waals surface area contributed by atoms with Gasteiger partial charge in [-0.3, -0.25) is 4.57 Å². The van der Waals surface area contributed by atoms with Crippen LogP contribution in [0.5, 0.6) is 0 Å². The van der Waals surface area contributed by atoms with E-state index in [-0.39, 0.29) is 0 Å². The van der Waals surface area contributed by atoms with Crippen LogP contribution in [0.1, 0.15) is 23.6 Å². The average molecular weight is 525 g/mol. The molecule has 0 atom stereocenters. The molecule has 172 valence electrons. The highest BCUT2D eigenvalue weighted by atomic mass is 35.5. The molecule has 0 saturated carbocycles. The lowest BCUT2D eigenvalue weighted by atomic mass is 10.1. The molecular formula is C27H23Cl2N2OPS. The van der Waals surface area contributed by atoms with E-state index in [1.165, 1.54) is 28.5 Å². The maximum atomic E-state index is 14.1. The zero-order valence-electron chi connectivity index (χ0n) is 18.5. The Kier molecular flexibility index (Phi) is 8.07. The molecule has 1 aromatic heterocycles. The fourth-order valence-electron chi connectivity index (χ4n) is 3.30. The van der Waals surface area contributed by atoms with Gasteiger partial charge in [0.05, 0.1) is 15.8 Å². The quantitative estimate of drug-likeness (QED) is 0.233. The van der Waals surface area contributed by atoms with E-state index in [2.05, 4.69) is 41.3 Å². The molecule has 0 unspecified atom stereocenters. The van der Waals surface area contributed by atoms with Crippen LogP contribution in [0, 0.1) is 0 Å². The first-order valence-electron chi connectivity index (χ1n) is 10.8. The Bertz CT molecular complexity index is 1290. The Hall–Kier alpha value is -2.62. The highest BCUT2D eigenvalue weighted by molar-refractivity contribution is 7.72. The molecule has 0 saturated heterocycles. The molecule has 0 aliphatic carbocycles. The minimum Gasteiger partial charge on any atom is -0.306 e. The second kappa shape index (κ2) is 11.2. The third-order valence-corrected chi connectivity index (χ3v) is 8.85. The van der Waals surface area contributed by atoms with Gasteiger partial charge in [-0.1, -0.05) is 115 Å². The molecule has 1 N–H and O–H groups in total. The van der Waals surface area contributed by atoms with Crippen LogP contribution in [-0.2, 0) is 11.0 Å². The summed E-state index contributed by atoms with van der Waals surface area (Å²) in [6.07, 6.45) is 0.982. The van der Waals surface area contributed by atoms with Gasteiger partial charge in [0.25, 0.3) is 0 Å². The van der Waals surface area contributed by atoms with Crippen molar-refractivity contribution in [3.63, 3.8) is 0 Å². The van der Waals surface area contributed by atoms with Crippen molar-refractivity contribution < 1.29 is 4.57 Å². The molecule has 0 aliphatic rings. The van der Waals surface area contributed by atoms with Crippen LogP contribution in [0.4, 0.5) is 5.13 Å². The summed E-state index contributed by atoms with van der Waals surface area (Å²) in [7, 11) is -3.37. The van der Waals surface area contributed by atoms with Gasteiger partial charge in [0.1, 0.15) is 0 Å². The van der Waals surface area contributed by atoms with E-state index in [4.69, 9.17) is 23.2 Å².